The molecule has 5 heteroatoms. The molecule has 130 valence electrons. The van der Waals surface area contributed by atoms with Gasteiger partial charge in [-0.05, 0) is 24.6 Å². The number of Topliss-reactive ketones (excluding diaryl/α,β-unsaturated/α-hetero) is 1. The number of benzene rings is 2. The van der Waals surface area contributed by atoms with E-state index < -0.39 is 11.9 Å². The topological polar surface area (TPSA) is 55.4 Å². The average Bonchev–Trinajstić information content (AvgIpc) is 2.93. The molecular weight excluding hydrogens is 394 g/mol. The molecule has 2 aliphatic rings. The number of hydrogen-bond acceptors (Lipinski definition) is 4. The van der Waals surface area contributed by atoms with E-state index in [1.54, 1.807) is 0 Å². The molecule has 0 bridgehead atoms. The first kappa shape index (κ1) is 16.8. The van der Waals surface area contributed by atoms with Gasteiger partial charge in [0.05, 0.1) is 18.4 Å². The monoisotopic (exact) mass is 409 g/mol. The second kappa shape index (κ2) is 6.25. The summed E-state index contributed by atoms with van der Waals surface area (Å²) < 4.78 is 5.95. The van der Waals surface area contributed by atoms with Gasteiger partial charge >= 0.3 is 5.97 Å². The van der Waals surface area contributed by atoms with Crippen molar-refractivity contribution in [1.29, 1.82) is 0 Å². The van der Waals surface area contributed by atoms with Crippen LogP contribution in [0.4, 0.5) is 0 Å². The number of ketones is 1. The number of ether oxygens (including phenoxy) is 1. The number of allylic oxidation sites excluding steroid dienone is 2. The maximum atomic E-state index is 13.2. The van der Waals surface area contributed by atoms with Crippen LogP contribution < -0.4 is 5.32 Å². The van der Waals surface area contributed by atoms with Crippen LogP contribution in [-0.4, -0.2) is 18.9 Å². The van der Waals surface area contributed by atoms with E-state index in [4.69, 9.17) is 4.74 Å². The van der Waals surface area contributed by atoms with Gasteiger partial charge in [-0.15, -0.1) is 0 Å². The molecule has 4 nitrogen and oxygen atoms in total. The molecular formula is C21H16BrNO3. The highest BCUT2D eigenvalue weighted by Crippen LogP contribution is 2.46. The lowest BCUT2D eigenvalue weighted by atomic mass is 9.80. The fraction of sp³-hybridized carbons (Fsp3) is 0.143. The standard InChI is InChI=1S/C21H16BrNO3/c1-11-16(21(25)26-2)17(12-7-9-13(22)10-8-12)18-19(23-11)14-5-3-4-6-15(14)20(18)24/h3-10,17,23H,1-2H3/t17-/m1/s1. The van der Waals surface area contributed by atoms with Crippen molar-refractivity contribution in [2.75, 3.05) is 7.11 Å². The Morgan fingerprint density at radius 2 is 1.73 bits per heavy atom. The maximum absolute atomic E-state index is 13.2. The van der Waals surface area contributed by atoms with Crippen LogP contribution in [0.1, 0.15) is 34.3 Å². The van der Waals surface area contributed by atoms with Gasteiger partial charge in [0.15, 0.2) is 5.78 Å². The lowest BCUT2D eigenvalue weighted by Gasteiger charge is -2.29. The van der Waals surface area contributed by atoms with Crippen molar-refractivity contribution in [3.05, 3.63) is 86.5 Å². The quantitative estimate of drug-likeness (QED) is 0.755. The average molecular weight is 410 g/mol. The highest BCUT2D eigenvalue weighted by atomic mass is 79.9. The fourth-order valence-corrected chi connectivity index (χ4v) is 3.96. The molecule has 0 fully saturated rings. The number of methoxy groups -OCH3 is 1. The van der Waals surface area contributed by atoms with Gasteiger partial charge in [-0.2, -0.15) is 0 Å². The Bertz CT molecular complexity index is 1000. The van der Waals surface area contributed by atoms with E-state index in [0.717, 1.165) is 21.3 Å². The summed E-state index contributed by atoms with van der Waals surface area (Å²) in [7, 11) is 1.36. The van der Waals surface area contributed by atoms with E-state index in [1.165, 1.54) is 7.11 Å². The summed E-state index contributed by atoms with van der Waals surface area (Å²) in [4.78, 5) is 25.7. The van der Waals surface area contributed by atoms with Crippen molar-refractivity contribution >= 4 is 33.4 Å². The van der Waals surface area contributed by atoms with Crippen molar-refractivity contribution in [2.45, 2.75) is 12.8 Å². The molecule has 2 aromatic rings. The largest absolute Gasteiger partial charge is 0.466 e. The first-order valence-corrected chi connectivity index (χ1v) is 9.02. The Balaban J connectivity index is 1.95. The van der Waals surface area contributed by atoms with E-state index in [9.17, 15) is 9.59 Å². The number of esters is 1. The predicted octanol–water partition coefficient (Wildman–Crippen LogP) is 4.19. The van der Waals surface area contributed by atoms with Gasteiger partial charge in [-0.25, -0.2) is 4.79 Å². The Morgan fingerprint density at radius 3 is 2.38 bits per heavy atom. The van der Waals surface area contributed by atoms with Crippen LogP contribution in [0.3, 0.4) is 0 Å². The third-order valence-electron chi connectivity index (χ3n) is 4.86. The van der Waals surface area contributed by atoms with Crippen LogP contribution in [0.15, 0.2) is 69.8 Å². The predicted molar refractivity (Wildman–Crippen MR) is 102 cm³/mol. The molecule has 0 radical (unpaired) electrons. The number of carbonyl (C=O) groups excluding carboxylic acids is 2. The van der Waals surface area contributed by atoms with E-state index in [-0.39, 0.29) is 5.78 Å². The van der Waals surface area contributed by atoms with Crippen LogP contribution in [0, 0.1) is 0 Å². The molecule has 1 heterocycles. The second-order valence-corrected chi connectivity index (χ2v) is 7.22. The highest BCUT2D eigenvalue weighted by molar-refractivity contribution is 9.10. The minimum Gasteiger partial charge on any atom is -0.466 e. The lowest BCUT2D eigenvalue weighted by Crippen LogP contribution is -2.29. The zero-order chi connectivity index (χ0) is 18.4. The van der Waals surface area contributed by atoms with Gasteiger partial charge in [0.2, 0.25) is 0 Å². The van der Waals surface area contributed by atoms with Crippen molar-refractivity contribution < 1.29 is 14.3 Å². The molecule has 0 saturated carbocycles. The summed E-state index contributed by atoms with van der Waals surface area (Å²) in [5.74, 6) is -0.949. The minimum atomic E-state index is -0.466. The van der Waals surface area contributed by atoms with Gasteiger partial charge in [-0.1, -0.05) is 52.3 Å². The smallest absolute Gasteiger partial charge is 0.336 e. The molecule has 4 rings (SSSR count). The summed E-state index contributed by atoms with van der Waals surface area (Å²) in [6.45, 7) is 1.84. The van der Waals surface area contributed by atoms with Crippen LogP contribution in [0.5, 0.6) is 0 Å². The Labute approximate surface area is 159 Å². The number of nitrogens with one attached hydrogen (secondary N) is 1. The lowest BCUT2D eigenvalue weighted by molar-refractivity contribution is -0.136. The Hall–Kier alpha value is -2.66. The molecule has 2 aromatic carbocycles. The Morgan fingerprint density at radius 1 is 1.08 bits per heavy atom. The third-order valence-corrected chi connectivity index (χ3v) is 5.39. The molecule has 0 aromatic heterocycles. The second-order valence-electron chi connectivity index (χ2n) is 6.30. The SMILES string of the molecule is COC(=O)C1=C(C)NC2=C(C(=O)c3ccccc32)[C@@H]1c1ccc(Br)cc1. The van der Waals surface area contributed by atoms with E-state index >= 15 is 0 Å². The Kier molecular flexibility index (Phi) is 4.04. The number of rotatable bonds is 2. The molecule has 1 N–H and O–H groups in total. The summed E-state index contributed by atoms with van der Waals surface area (Å²) >= 11 is 3.44. The summed E-state index contributed by atoms with van der Waals surface area (Å²) in [6.07, 6.45) is 0. The van der Waals surface area contributed by atoms with Gasteiger partial charge < -0.3 is 10.1 Å². The zero-order valence-electron chi connectivity index (χ0n) is 14.3. The van der Waals surface area contributed by atoms with E-state index in [0.29, 0.717) is 22.4 Å². The van der Waals surface area contributed by atoms with Crippen molar-refractivity contribution in [3.63, 3.8) is 0 Å². The third kappa shape index (κ3) is 2.42. The van der Waals surface area contributed by atoms with E-state index in [2.05, 4.69) is 21.2 Å². The molecule has 0 spiro atoms. The number of halogens is 1. The van der Waals surface area contributed by atoms with Crippen LogP contribution >= 0.6 is 15.9 Å². The summed E-state index contributed by atoms with van der Waals surface area (Å²) in [5, 5.41) is 3.27. The molecule has 26 heavy (non-hydrogen) atoms. The number of dihydropyridines is 1. The zero-order valence-corrected chi connectivity index (χ0v) is 15.9. The van der Waals surface area contributed by atoms with Gasteiger partial charge in [-0.3, -0.25) is 4.79 Å². The van der Waals surface area contributed by atoms with Gasteiger partial charge in [0, 0.05) is 32.8 Å². The number of hydrogen-bond donors (Lipinski definition) is 1. The first-order valence-electron chi connectivity index (χ1n) is 8.22. The summed E-state index contributed by atoms with van der Waals surface area (Å²) in [6, 6.07) is 15.2. The van der Waals surface area contributed by atoms with Gasteiger partial charge in [0.25, 0.3) is 0 Å². The van der Waals surface area contributed by atoms with Crippen LogP contribution in [0.2, 0.25) is 0 Å². The molecule has 0 amide bonds. The number of fused-ring (bicyclic) bond motifs is 2. The molecule has 1 aliphatic carbocycles. The van der Waals surface area contributed by atoms with E-state index in [1.807, 2.05) is 55.5 Å². The minimum absolute atomic E-state index is 0.0510. The highest BCUT2D eigenvalue weighted by Gasteiger charge is 2.42. The van der Waals surface area contributed by atoms with Crippen molar-refractivity contribution in [3.8, 4) is 0 Å². The molecule has 0 unspecified atom stereocenters. The first-order chi connectivity index (χ1) is 12.5. The molecule has 0 saturated heterocycles. The normalized spacial score (nSPS) is 18.4. The number of carbonyl (C=O) groups is 2. The van der Waals surface area contributed by atoms with Crippen molar-refractivity contribution in [1.82, 2.24) is 5.32 Å². The summed E-state index contributed by atoms with van der Waals surface area (Å²) in [5.41, 5.74) is 4.96. The van der Waals surface area contributed by atoms with Crippen LogP contribution in [-0.2, 0) is 9.53 Å². The van der Waals surface area contributed by atoms with Crippen molar-refractivity contribution in [2.24, 2.45) is 0 Å². The molecule has 1 atom stereocenters. The maximum Gasteiger partial charge on any atom is 0.336 e. The van der Waals surface area contributed by atoms with Gasteiger partial charge in [0.1, 0.15) is 0 Å². The van der Waals surface area contributed by atoms with Crippen LogP contribution in [0.25, 0.3) is 5.70 Å². The molecule has 1 aliphatic heterocycles. The fourth-order valence-electron chi connectivity index (χ4n) is 3.70.